The minimum Gasteiger partial charge on any atom is -0.336 e. The van der Waals surface area contributed by atoms with E-state index < -0.39 is 6.04 Å². The van der Waals surface area contributed by atoms with Crippen molar-refractivity contribution in [1.29, 1.82) is 0 Å². The summed E-state index contributed by atoms with van der Waals surface area (Å²) in [4.78, 5) is 21.6. The van der Waals surface area contributed by atoms with Crippen molar-refractivity contribution in [2.24, 2.45) is 11.0 Å². The van der Waals surface area contributed by atoms with E-state index in [1.807, 2.05) is 60.4 Å². The average molecular weight is 321 g/mol. The second kappa shape index (κ2) is 7.15. The molecule has 0 saturated carbocycles. The molecule has 1 aliphatic rings. The number of pyridine rings is 1. The molecule has 6 heteroatoms. The van der Waals surface area contributed by atoms with Crippen molar-refractivity contribution in [3.05, 3.63) is 76.4 Å². The fourth-order valence-electron chi connectivity index (χ4n) is 3.26. The Morgan fingerprint density at radius 1 is 1.25 bits per heavy atom. The van der Waals surface area contributed by atoms with Gasteiger partial charge in [-0.1, -0.05) is 41.5 Å². The maximum atomic E-state index is 12.5. The van der Waals surface area contributed by atoms with Gasteiger partial charge in [0, 0.05) is 29.8 Å². The molecule has 1 aromatic heterocycles. The first kappa shape index (κ1) is 16.0. The largest absolute Gasteiger partial charge is 0.336 e. The lowest BCUT2D eigenvalue weighted by Crippen LogP contribution is -2.29. The van der Waals surface area contributed by atoms with Gasteiger partial charge in [0.05, 0.1) is 12.1 Å². The molecule has 2 aromatic rings. The van der Waals surface area contributed by atoms with Crippen LogP contribution in [0.4, 0.5) is 0 Å². The van der Waals surface area contributed by atoms with Gasteiger partial charge in [-0.3, -0.25) is 9.78 Å². The normalized spacial score (nSPS) is 19.6. The van der Waals surface area contributed by atoms with Gasteiger partial charge in [0.2, 0.25) is 5.91 Å². The highest BCUT2D eigenvalue weighted by molar-refractivity contribution is 5.79. The van der Waals surface area contributed by atoms with E-state index >= 15 is 0 Å². The number of carbonyl (C=O) groups is 1. The lowest BCUT2D eigenvalue weighted by atomic mass is 9.96. The molecule has 1 aromatic carbocycles. The number of carbonyl (C=O) groups excluding carboxylic acids is 1. The molecule has 1 saturated heterocycles. The van der Waals surface area contributed by atoms with E-state index in [4.69, 9.17) is 5.53 Å². The first-order valence-electron chi connectivity index (χ1n) is 8.00. The molecule has 3 rings (SSSR count). The van der Waals surface area contributed by atoms with Crippen LogP contribution >= 0.6 is 0 Å². The summed E-state index contributed by atoms with van der Waals surface area (Å²) < 4.78 is 0. The van der Waals surface area contributed by atoms with Crippen LogP contribution in [0.1, 0.15) is 36.7 Å². The fraction of sp³-hybridized carbons (Fsp3) is 0.333. The number of amides is 1. The summed E-state index contributed by atoms with van der Waals surface area (Å²) in [5, 5.41) is 3.92. The van der Waals surface area contributed by atoms with Crippen molar-refractivity contribution in [2.75, 3.05) is 6.54 Å². The van der Waals surface area contributed by atoms with Gasteiger partial charge in [0.1, 0.15) is 0 Å². The molecule has 0 radical (unpaired) electrons. The Kier molecular flexibility index (Phi) is 4.77. The molecule has 0 spiro atoms. The highest BCUT2D eigenvalue weighted by Gasteiger charge is 2.38. The lowest BCUT2D eigenvalue weighted by Gasteiger charge is -2.26. The maximum Gasteiger partial charge on any atom is 0.223 e. The Balaban J connectivity index is 1.81. The molecule has 0 aliphatic carbocycles. The van der Waals surface area contributed by atoms with E-state index in [0.717, 1.165) is 5.56 Å². The third kappa shape index (κ3) is 3.24. The predicted molar refractivity (Wildman–Crippen MR) is 90.8 cm³/mol. The zero-order valence-electron chi connectivity index (χ0n) is 13.5. The molecule has 122 valence electrons. The summed E-state index contributed by atoms with van der Waals surface area (Å²) in [5.74, 6) is 0.0277. The van der Waals surface area contributed by atoms with Crippen LogP contribution in [-0.4, -0.2) is 22.3 Å². The molecule has 6 nitrogen and oxygen atoms in total. The number of rotatable bonds is 5. The second-order valence-electron chi connectivity index (χ2n) is 6.00. The van der Waals surface area contributed by atoms with Gasteiger partial charge in [-0.25, -0.2) is 0 Å². The first-order chi connectivity index (χ1) is 11.7. The van der Waals surface area contributed by atoms with E-state index in [-0.39, 0.29) is 17.9 Å². The second-order valence-corrected chi connectivity index (χ2v) is 6.00. The Morgan fingerprint density at radius 2 is 2.00 bits per heavy atom. The summed E-state index contributed by atoms with van der Waals surface area (Å²) in [6.45, 7) is 2.59. The Labute approximate surface area is 140 Å². The van der Waals surface area contributed by atoms with E-state index in [1.54, 1.807) is 6.20 Å². The zero-order chi connectivity index (χ0) is 16.9. The highest BCUT2D eigenvalue weighted by Crippen LogP contribution is 2.36. The Morgan fingerprint density at radius 3 is 2.67 bits per heavy atom. The van der Waals surface area contributed by atoms with Crippen molar-refractivity contribution < 1.29 is 4.79 Å². The molecule has 3 atom stereocenters. The number of nitrogens with zero attached hydrogens (tertiary/aromatic N) is 5. The maximum absolute atomic E-state index is 12.5. The first-order valence-corrected chi connectivity index (χ1v) is 8.00. The lowest BCUT2D eigenvalue weighted by molar-refractivity contribution is -0.129. The molecule has 24 heavy (non-hydrogen) atoms. The SMILES string of the molecule is C[C@H](c1ccccc1)N1C[C@H](C(N=[N+]=[N-])c2ccccn2)CC1=O. The molecule has 1 amide bonds. The topological polar surface area (TPSA) is 82.0 Å². The quantitative estimate of drug-likeness (QED) is 0.473. The Hall–Kier alpha value is -2.85. The van der Waals surface area contributed by atoms with Crippen LogP contribution in [-0.2, 0) is 4.79 Å². The van der Waals surface area contributed by atoms with E-state index in [0.29, 0.717) is 18.7 Å². The van der Waals surface area contributed by atoms with Crippen molar-refractivity contribution in [3.8, 4) is 0 Å². The molecule has 0 bridgehead atoms. The van der Waals surface area contributed by atoms with Crippen LogP contribution in [0.3, 0.4) is 0 Å². The molecule has 2 heterocycles. The van der Waals surface area contributed by atoms with Crippen molar-refractivity contribution in [2.45, 2.75) is 25.4 Å². The van der Waals surface area contributed by atoms with Crippen LogP contribution in [0.5, 0.6) is 0 Å². The number of hydrogen-bond donors (Lipinski definition) is 0. The van der Waals surface area contributed by atoms with Crippen LogP contribution in [0.15, 0.2) is 59.8 Å². The third-order valence-corrected chi connectivity index (χ3v) is 4.55. The van der Waals surface area contributed by atoms with Gasteiger partial charge in [0.15, 0.2) is 0 Å². The number of benzene rings is 1. The van der Waals surface area contributed by atoms with E-state index in [2.05, 4.69) is 15.0 Å². The van der Waals surface area contributed by atoms with Crippen molar-refractivity contribution in [3.63, 3.8) is 0 Å². The summed E-state index contributed by atoms with van der Waals surface area (Å²) in [5.41, 5.74) is 10.7. The molecular formula is C18H19N5O. The predicted octanol–water partition coefficient (Wildman–Crippen LogP) is 4.04. The van der Waals surface area contributed by atoms with Gasteiger partial charge in [-0.15, -0.1) is 0 Å². The fourth-order valence-corrected chi connectivity index (χ4v) is 3.26. The van der Waals surface area contributed by atoms with Gasteiger partial charge in [-0.05, 0) is 36.1 Å². The third-order valence-electron chi connectivity index (χ3n) is 4.55. The number of aromatic nitrogens is 1. The minimum atomic E-state index is -0.423. The smallest absolute Gasteiger partial charge is 0.223 e. The minimum absolute atomic E-state index is 0.000789. The van der Waals surface area contributed by atoms with E-state index in [1.165, 1.54) is 0 Å². The summed E-state index contributed by atoms with van der Waals surface area (Å²) in [6.07, 6.45) is 2.05. The molecule has 1 unspecified atom stereocenters. The number of likely N-dealkylation sites (tertiary alicyclic amines) is 1. The summed E-state index contributed by atoms with van der Waals surface area (Å²) >= 11 is 0. The van der Waals surface area contributed by atoms with Crippen LogP contribution < -0.4 is 0 Å². The number of hydrogen-bond acceptors (Lipinski definition) is 3. The van der Waals surface area contributed by atoms with Crippen molar-refractivity contribution in [1.82, 2.24) is 9.88 Å². The van der Waals surface area contributed by atoms with Crippen molar-refractivity contribution >= 4 is 5.91 Å². The monoisotopic (exact) mass is 321 g/mol. The zero-order valence-corrected chi connectivity index (χ0v) is 13.5. The van der Waals surface area contributed by atoms with Crippen LogP contribution in [0.25, 0.3) is 10.4 Å². The highest BCUT2D eigenvalue weighted by atomic mass is 16.2. The Bertz CT molecular complexity index is 743. The summed E-state index contributed by atoms with van der Waals surface area (Å²) in [7, 11) is 0. The van der Waals surface area contributed by atoms with Gasteiger partial charge in [-0.2, -0.15) is 0 Å². The van der Waals surface area contributed by atoms with Gasteiger partial charge < -0.3 is 4.90 Å². The molecule has 1 aliphatic heterocycles. The average Bonchev–Trinajstić information content (AvgIpc) is 3.02. The van der Waals surface area contributed by atoms with Crippen LogP contribution in [0, 0.1) is 5.92 Å². The van der Waals surface area contributed by atoms with E-state index in [9.17, 15) is 4.79 Å². The molecule has 0 N–H and O–H groups in total. The standard InChI is InChI=1S/C18H19N5O/c1-13(14-7-3-2-4-8-14)23-12-15(11-17(23)24)18(21-22-19)16-9-5-6-10-20-16/h2-10,13,15,18H,11-12H2,1H3/t13-,15-,18?/m1/s1. The molecular weight excluding hydrogens is 302 g/mol. The van der Waals surface area contributed by atoms with Gasteiger partial charge in [0.25, 0.3) is 0 Å². The molecule has 1 fully saturated rings. The number of azide groups is 1. The van der Waals surface area contributed by atoms with Gasteiger partial charge >= 0.3 is 0 Å². The van der Waals surface area contributed by atoms with Crippen LogP contribution in [0.2, 0.25) is 0 Å². The summed E-state index contributed by atoms with van der Waals surface area (Å²) in [6, 6.07) is 15.1.